The first-order valence-corrected chi connectivity index (χ1v) is 5.17. The van der Waals surface area contributed by atoms with Gasteiger partial charge in [0.25, 0.3) is 5.91 Å². The van der Waals surface area contributed by atoms with E-state index in [1.54, 1.807) is 6.07 Å². The van der Waals surface area contributed by atoms with Gasteiger partial charge < -0.3 is 14.6 Å². The number of nitrogens with one attached hydrogen (secondary N) is 1. The van der Waals surface area contributed by atoms with Gasteiger partial charge in [-0.15, -0.1) is 0 Å². The highest BCUT2D eigenvalue weighted by atomic mass is 16.5. The fourth-order valence-corrected chi connectivity index (χ4v) is 2.34. The van der Waals surface area contributed by atoms with Crippen molar-refractivity contribution in [1.82, 2.24) is 10.5 Å². The minimum atomic E-state index is -0.154. The fraction of sp³-hybridized carbons (Fsp3) is 0.600. The van der Waals surface area contributed by atoms with Gasteiger partial charge in [-0.05, 0) is 12.8 Å². The van der Waals surface area contributed by atoms with Crippen LogP contribution in [0.5, 0.6) is 0 Å². The van der Waals surface area contributed by atoms with Gasteiger partial charge in [0.05, 0.1) is 6.10 Å². The van der Waals surface area contributed by atoms with Crippen LogP contribution in [0.25, 0.3) is 0 Å². The van der Waals surface area contributed by atoms with Crippen molar-refractivity contribution in [1.29, 1.82) is 0 Å². The molecule has 2 fully saturated rings. The van der Waals surface area contributed by atoms with Crippen LogP contribution in [0.4, 0.5) is 0 Å². The lowest BCUT2D eigenvalue weighted by molar-refractivity contribution is 0.00798. The van der Waals surface area contributed by atoms with Crippen LogP contribution in [-0.2, 0) is 4.74 Å². The molecule has 1 aliphatic heterocycles. The Bertz CT molecular complexity index is 363. The maximum atomic E-state index is 11.6. The lowest BCUT2D eigenvalue weighted by atomic mass is 9.76. The first-order valence-electron chi connectivity index (χ1n) is 5.17. The molecule has 2 aliphatic rings. The Balaban J connectivity index is 1.60. The average molecular weight is 208 g/mol. The van der Waals surface area contributed by atoms with E-state index in [0.29, 0.717) is 17.7 Å². The van der Waals surface area contributed by atoms with Crippen LogP contribution in [-0.4, -0.2) is 29.8 Å². The van der Waals surface area contributed by atoms with Gasteiger partial charge in [0, 0.05) is 24.6 Å². The first-order chi connectivity index (χ1) is 7.34. The van der Waals surface area contributed by atoms with Gasteiger partial charge in [0.2, 0.25) is 0 Å². The van der Waals surface area contributed by atoms with Gasteiger partial charge in [-0.25, -0.2) is 0 Å². The van der Waals surface area contributed by atoms with Gasteiger partial charge in [0.1, 0.15) is 6.26 Å². The van der Waals surface area contributed by atoms with Crippen LogP contribution in [0.3, 0.4) is 0 Å². The Kier molecular flexibility index (Phi) is 1.98. The van der Waals surface area contributed by atoms with E-state index >= 15 is 0 Å². The van der Waals surface area contributed by atoms with E-state index in [1.165, 1.54) is 6.26 Å². The van der Waals surface area contributed by atoms with Crippen molar-refractivity contribution in [3.05, 3.63) is 18.0 Å². The van der Waals surface area contributed by atoms with Crippen molar-refractivity contribution in [3.8, 4) is 0 Å². The van der Waals surface area contributed by atoms with Crippen LogP contribution >= 0.6 is 0 Å². The van der Waals surface area contributed by atoms with E-state index in [4.69, 9.17) is 4.74 Å². The zero-order chi connectivity index (χ0) is 10.3. The number of aromatic nitrogens is 1. The molecule has 1 saturated heterocycles. The molecule has 0 bridgehead atoms. The molecule has 1 N–H and O–H groups in total. The third kappa shape index (κ3) is 1.43. The molecule has 0 spiro atoms. The van der Waals surface area contributed by atoms with Crippen LogP contribution in [0.15, 0.2) is 16.9 Å². The number of hydrogen-bond acceptors (Lipinski definition) is 4. The second-order valence-corrected chi connectivity index (χ2v) is 4.06. The largest absolute Gasteiger partial charge is 0.378 e. The summed E-state index contributed by atoms with van der Waals surface area (Å²) >= 11 is 0. The summed E-state index contributed by atoms with van der Waals surface area (Å²) < 4.78 is 10.1. The molecule has 3 atom stereocenters. The molecule has 15 heavy (non-hydrogen) atoms. The smallest absolute Gasteiger partial charge is 0.273 e. The lowest BCUT2D eigenvalue weighted by Gasteiger charge is -2.39. The predicted octanol–water partition coefficient (Wildman–Crippen LogP) is 0.582. The normalized spacial score (nSPS) is 33.2. The number of fused-ring (bicyclic) bond motifs is 1. The monoisotopic (exact) mass is 208 g/mol. The standard InChI is InChI=1S/C10H12N2O3/c13-10(7-2-4-15-12-7)11-8-5-9-6(8)1-3-14-9/h2,4,6,8-9H,1,3,5H2,(H,11,13)/t6-,8+,9+/m1/s1. The molecular formula is C10H12N2O3. The summed E-state index contributed by atoms with van der Waals surface area (Å²) in [6, 6.07) is 1.82. The highest BCUT2D eigenvalue weighted by molar-refractivity contribution is 5.92. The average Bonchev–Trinajstić information content (AvgIpc) is 2.82. The molecule has 0 unspecified atom stereocenters. The molecular weight excluding hydrogens is 196 g/mol. The summed E-state index contributed by atoms with van der Waals surface area (Å²) in [6.07, 6.45) is 3.74. The molecule has 1 saturated carbocycles. The number of amides is 1. The maximum Gasteiger partial charge on any atom is 0.273 e. The molecule has 80 valence electrons. The van der Waals surface area contributed by atoms with Crippen molar-refractivity contribution in [3.63, 3.8) is 0 Å². The maximum absolute atomic E-state index is 11.6. The molecule has 2 heterocycles. The molecule has 1 aliphatic carbocycles. The molecule has 1 amide bonds. The van der Waals surface area contributed by atoms with E-state index in [-0.39, 0.29) is 11.9 Å². The summed E-state index contributed by atoms with van der Waals surface area (Å²) in [5.41, 5.74) is 0.345. The Morgan fingerprint density at radius 1 is 1.60 bits per heavy atom. The van der Waals surface area contributed by atoms with Crippen molar-refractivity contribution in [2.45, 2.75) is 25.0 Å². The summed E-state index contributed by atoms with van der Waals surface area (Å²) in [5.74, 6) is 0.347. The van der Waals surface area contributed by atoms with Gasteiger partial charge >= 0.3 is 0 Å². The van der Waals surface area contributed by atoms with E-state index in [2.05, 4.69) is 15.0 Å². The number of carbonyl (C=O) groups is 1. The van der Waals surface area contributed by atoms with E-state index in [1.807, 2.05) is 0 Å². The van der Waals surface area contributed by atoms with Gasteiger partial charge in [-0.2, -0.15) is 0 Å². The number of rotatable bonds is 2. The Morgan fingerprint density at radius 2 is 2.53 bits per heavy atom. The minimum absolute atomic E-state index is 0.154. The molecule has 5 heteroatoms. The molecule has 3 rings (SSSR count). The summed E-state index contributed by atoms with van der Waals surface area (Å²) in [5, 5.41) is 6.54. The highest BCUT2D eigenvalue weighted by Crippen LogP contribution is 2.38. The third-order valence-corrected chi connectivity index (χ3v) is 3.25. The van der Waals surface area contributed by atoms with Crippen LogP contribution in [0.1, 0.15) is 23.3 Å². The third-order valence-electron chi connectivity index (χ3n) is 3.25. The van der Waals surface area contributed by atoms with Gasteiger partial charge in [-0.3, -0.25) is 4.79 Å². The Morgan fingerprint density at radius 3 is 3.27 bits per heavy atom. The predicted molar refractivity (Wildman–Crippen MR) is 50.2 cm³/mol. The van der Waals surface area contributed by atoms with Gasteiger partial charge in [-0.1, -0.05) is 5.16 Å². The van der Waals surface area contributed by atoms with Crippen LogP contribution in [0, 0.1) is 5.92 Å². The molecule has 0 aromatic carbocycles. The molecule has 1 aromatic heterocycles. The van der Waals surface area contributed by atoms with Crippen molar-refractivity contribution in [2.24, 2.45) is 5.92 Å². The molecule has 0 radical (unpaired) electrons. The summed E-state index contributed by atoms with van der Waals surface area (Å²) in [6.45, 7) is 0.825. The minimum Gasteiger partial charge on any atom is -0.378 e. The van der Waals surface area contributed by atoms with Crippen LogP contribution in [0.2, 0.25) is 0 Å². The second-order valence-electron chi connectivity index (χ2n) is 4.06. The SMILES string of the molecule is O=C(N[C@H]1C[C@@H]2OCC[C@H]12)c1ccon1. The zero-order valence-corrected chi connectivity index (χ0v) is 8.18. The highest BCUT2D eigenvalue weighted by Gasteiger charge is 2.45. The number of carbonyl (C=O) groups excluding carboxylic acids is 1. The van der Waals surface area contributed by atoms with E-state index < -0.39 is 0 Å². The quantitative estimate of drug-likeness (QED) is 0.772. The summed E-state index contributed by atoms with van der Waals surface area (Å²) in [4.78, 5) is 11.6. The lowest BCUT2D eigenvalue weighted by Crippen LogP contribution is -2.53. The van der Waals surface area contributed by atoms with Crippen LogP contribution < -0.4 is 5.32 Å². The summed E-state index contributed by atoms with van der Waals surface area (Å²) in [7, 11) is 0. The topological polar surface area (TPSA) is 64.4 Å². The van der Waals surface area contributed by atoms with Crippen molar-refractivity contribution >= 4 is 5.91 Å². The molecule has 5 nitrogen and oxygen atoms in total. The molecule has 1 aromatic rings. The number of ether oxygens (including phenoxy) is 1. The first kappa shape index (κ1) is 8.91. The fourth-order valence-electron chi connectivity index (χ4n) is 2.34. The number of nitrogens with zero attached hydrogens (tertiary/aromatic N) is 1. The van der Waals surface area contributed by atoms with Gasteiger partial charge in [0.15, 0.2) is 5.69 Å². The number of hydrogen-bond donors (Lipinski definition) is 1. The van der Waals surface area contributed by atoms with E-state index in [9.17, 15) is 4.79 Å². The van der Waals surface area contributed by atoms with Crippen molar-refractivity contribution in [2.75, 3.05) is 6.61 Å². The Hall–Kier alpha value is -1.36. The van der Waals surface area contributed by atoms with Crippen molar-refractivity contribution < 1.29 is 14.1 Å². The van der Waals surface area contributed by atoms with E-state index in [0.717, 1.165) is 19.4 Å². The Labute approximate surface area is 86.8 Å². The zero-order valence-electron chi connectivity index (χ0n) is 8.18. The second kappa shape index (κ2) is 3.34.